The molecule has 0 spiro atoms. The van der Waals surface area contributed by atoms with Gasteiger partial charge in [-0.3, -0.25) is 4.79 Å². The first-order chi connectivity index (χ1) is 23.2. The van der Waals surface area contributed by atoms with Crippen LogP contribution in [-0.4, -0.2) is 70.1 Å². The van der Waals surface area contributed by atoms with Crippen molar-refractivity contribution in [3.63, 3.8) is 0 Å². The summed E-state index contributed by atoms with van der Waals surface area (Å²) in [6.07, 6.45) is 23.5. The third-order valence-corrected chi connectivity index (χ3v) is 9.92. The number of carbonyl (C=O) groups excluding carboxylic acids is 1. The molecule has 4 unspecified atom stereocenters. The highest BCUT2D eigenvalue weighted by molar-refractivity contribution is 5.69. The van der Waals surface area contributed by atoms with Gasteiger partial charge in [-0.05, 0) is 101 Å². The molecule has 5 rings (SSSR count). The third-order valence-electron chi connectivity index (χ3n) is 9.92. The Morgan fingerprint density at radius 1 is 0.851 bits per heavy atom. The highest BCUT2D eigenvalue weighted by Crippen LogP contribution is 2.42. The number of hydrogen-bond donors (Lipinski definition) is 0. The van der Waals surface area contributed by atoms with E-state index in [4.69, 9.17) is 33.2 Å². The highest BCUT2D eigenvalue weighted by Gasteiger charge is 2.45. The van der Waals surface area contributed by atoms with Gasteiger partial charge >= 0.3 is 5.97 Å². The molecule has 0 radical (unpaired) electrons. The highest BCUT2D eigenvalue weighted by atomic mass is 16.7. The van der Waals surface area contributed by atoms with Crippen LogP contribution in [0.25, 0.3) is 0 Å². The third kappa shape index (κ3) is 12.4. The van der Waals surface area contributed by atoms with Gasteiger partial charge in [0.15, 0.2) is 18.9 Å². The van der Waals surface area contributed by atoms with Gasteiger partial charge in [0.25, 0.3) is 0 Å². The Morgan fingerprint density at radius 3 is 2.15 bits per heavy atom. The lowest BCUT2D eigenvalue weighted by atomic mass is 9.89. The van der Waals surface area contributed by atoms with Crippen LogP contribution in [0.2, 0.25) is 0 Å². The van der Waals surface area contributed by atoms with E-state index in [0.717, 1.165) is 116 Å². The van der Waals surface area contributed by atoms with E-state index < -0.39 is 0 Å². The molecule has 4 fully saturated rings. The summed E-state index contributed by atoms with van der Waals surface area (Å²) in [5, 5.41) is 0. The monoisotopic (exact) mass is 654 g/mol. The van der Waals surface area contributed by atoms with Gasteiger partial charge in [-0.25, -0.2) is 0 Å². The number of methoxy groups -OCH3 is 1. The second kappa shape index (κ2) is 20.4. The SMILES string of the molecule is COC(=O)CCCC=CC[C@@H]1[C@@H](C=CC(CCc2ccccc2)OC2CCCCO2)[C@H](OC2CCCCO2)C[C@@H]1OC1CCCCO1. The molecule has 8 heteroatoms. The number of ether oxygens (including phenoxy) is 7. The van der Waals surface area contributed by atoms with Crippen molar-refractivity contribution in [3.8, 4) is 0 Å². The number of esters is 1. The number of aryl methyl sites for hydroxylation is 1. The van der Waals surface area contributed by atoms with Crippen molar-refractivity contribution < 1.29 is 38.0 Å². The number of unbranched alkanes of at least 4 members (excludes halogenated alkanes) is 1. The quantitative estimate of drug-likeness (QED) is 0.0955. The standard InChI is InChI=1S/C39H58O8/c1-41-36(40)18-8-3-2-7-17-32-33(25-24-31(45-37-19-9-12-26-42-37)23-22-30-15-5-4-6-16-30)35(47-39-21-11-14-28-44-39)29-34(32)46-38-20-10-13-27-43-38/h2,4-7,15-16,24-25,31-35,37-39H,3,8-14,17-23,26-29H2,1H3/t31?,32-,33-,34+,35-,37?,38?,39?/m1/s1. The molecule has 1 aromatic carbocycles. The number of hydrogen-bond acceptors (Lipinski definition) is 8. The van der Waals surface area contributed by atoms with Crippen LogP contribution in [0, 0.1) is 11.8 Å². The van der Waals surface area contributed by atoms with Gasteiger partial charge in [-0.2, -0.15) is 0 Å². The van der Waals surface area contributed by atoms with E-state index in [2.05, 4.69) is 54.6 Å². The zero-order chi connectivity index (χ0) is 32.5. The second-order valence-electron chi connectivity index (χ2n) is 13.5. The van der Waals surface area contributed by atoms with Crippen molar-refractivity contribution in [2.45, 2.75) is 140 Å². The minimum Gasteiger partial charge on any atom is -0.469 e. The lowest BCUT2D eigenvalue weighted by Crippen LogP contribution is -2.31. The first-order valence-corrected chi connectivity index (χ1v) is 18.4. The molecule has 1 aromatic rings. The summed E-state index contributed by atoms with van der Waals surface area (Å²) in [6, 6.07) is 10.6. The molecule has 8 atom stereocenters. The molecule has 262 valence electrons. The molecule has 8 nitrogen and oxygen atoms in total. The van der Waals surface area contributed by atoms with Gasteiger partial charge < -0.3 is 33.2 Å². The maximum Gasteiger partial charge on any atom is 0.305 e. The number of allylic oxidation sites excluding steroid dienone is 2. The Kier molecular flexibility index (Phi) is 15.8. The van der Waals surface area contributed by atoms with E-state index in [-0.39, 0.29) is 55.0 Å². The van der Waals surface area contributed by atoms with Crippen LogP contribution in [0.15, 0.2) is 54.6 Å². The van der Waals surface area contributed by atoms with Crippen LogP contribution >= 0.6 is 0 Å². The topological polar surface area (TPSA) is 81.7 Å². The summed E-state index contributed by atoms with van der Waals surface area (Å²) in [4.78, 5) is 11.6. The van der Waals surface area contributed by atoms with E-state index in [0.29, 0.717) is 6.42 Å². The Balaban J connectivity index is 1.33. The van der Waals surface area contributed by atoms with Crippen LogP contribution in [-0.2, 0) is 44.4 Å². The first kappa shape index (κ1) is 36.2. The number of benzene rings is 1. The second-order valence-corrected chi connectivity index (χ2v) is 13.5. The summed E-state index contributed by atoms with van der Waals surface area (Å²) in [7, 11) is 1.44. The number of carbonyl (C=O) groups is 1. The van der Waals surface area contributed by atoms with Crippen LogP contribution < -0.4 is 0 Å². The van der Waals surface area contributed by atoms with Crippen LogP contribution in [0.3, 0.4) is 0 Å². The molecule has 3 aliphatic heterocycles. The van der Waals surface area contributed by atoms with Crippen LogP contribution in [0.5, 0.6) is 0 Å². The molecule has 4 aliphatic rings. The fraction of sp³-hybridized carbons (Fsp3) is 0.718. The predicted molar refractivity (Wildman–Crippen MR) is 181 cm³/mol. The minimum absolute atomic E-state index is 0.00595. The maximum atomic E-state index is 11.6. The smallest absolute Gasteiger partial charge is 0.305 e. The van der Waals surface area contributed by atoms with Crippen molar-refractivity contribution in [1.82, 2.24) is 0 Å². The van der Waals surface area contributed by atoms with Crippen molar-refractivity contribution >= 4 is 5.97 Å². The molecule has 3 heterocycles. The molecule has 47 heavy (non-hydrogen) atoms. The summed E-state index contributed by atoms with van der Waals surface area (Å²) >= 11 is 0. The summed E-state index contributed by atoms with van der Waals surface area (Å²) < 4.78 is 43.1. The average molecular weight is 655 g/mol. The van der Waals surface area contributed by atoms with E-state index in [1.807, 2.05) is 0 Å². The molecule has 1 aliphatic carbocycles. The zero-order valence-corrected chi connectivity index (χ0v) is 28.5. The molecule has 0 aromatic heterocycles. The summed E-state index contributed by atoms with van der Waals surface area (Å²) in [5.74, 6) is 0.180. The Morgan fingerprint density at radius 2 is 1.51 bits per heavy atom. The lowest BCUT2D eigenvalue weighted by Gasteiger charge is -2.30. The molecular weight excluding hydrogens is 596 g/mol. The molecule has 3 saturated heterocycles. The number of rotatable bonds is 17. The van der Waals surface area contributed by atoms with Gasteiger partial charge in [0.2, 0.25) is 0 Å². The van der Waals surface area contributed by atoms with Crippen molar-refractivity contribution in [1.29, 1.82) is 0 Å². The average Bonchev–Trinajstić information content (AvgIpc) is 3.43. The van der Waals surface area contributed by atoms with Crippen molar-refractivity contribution in [2.75, 3.05) is 26.9 Å². The van der Waals surface area contributed by atoms with E-state index >= 15 is 0 Å². The molecular formula is C39H58O8. The predicted octanol–water partition coefficient (Wildman–Crippen LogP) is 7.84. The molecule has 0 N–H and O–H groups in total. The molecule has 0 bridgehead atoms. The van der Waals surface area contributed by atoms with Gasteiger partial charge in [0, 0.05) is 38.6 Å². The fourth-order valence-electron chi connectivity index (χ4n) is 7.26. The maximum absolute atomic E-state index is 11.6. The summed E-state index contributed by atoms with van der Waals surface area (Å²) in [6.45, 7) is 2.27. The van der Waals surface area contributed by atoms with Gasteiger partial charge in [-0.1, -0.05) is 54.6 Å². The normalized spacial score (nSPS) is 31.0. The van der Waals surface area contributed by atoms with E-state index in [9.17, 15) is 4.79 Å². The van der Waals surface area contributed by atoms with Crippen LogP contribution in [0.4, 0.5) is 0 Å². The lowest BCUT2D eigenvalue weighted by molar-refractivity contribution is -0.203. The van der Waals surface area contributed by atoms with Crippen molar-refractivity contribution in [3.05, 3.63) is 60.2 Å². The zero-order valence-electron chi connectivity index (χ0n) is 28.5. The van der Waals surface area contributed by atoms with E-state index in [1.165, 1.54) is 12.7 Å². The van der Waals surface area contributed by atoms with E-state index in [1.54, 1.807) is 0 Å². The molecule has 1 saturated carbocycles. The van der Waals surface area contributed by atoms with Gasteiger partial charge in [0.1, 0.15) is 0 Å². The van der Waals surface area contributed by atoms with Crippen LogP contribution in [0.1, 0.15) is 102 Å². The Bertz CT molecular complexity index is 1060. The summed E-state index contributed by atoms with van der Waals surface area (Å²) in [5.41, 5.74) is 1.31. The van der Waals surface area contributed by atoms with Gasteiger partial charge in [0.05, 0.1) is 25.4 Å². The Labute approximate surface area is 282 Å². The fourth-order valence-corrected chi connectivity index (χ4v) is 7.26. The van der Waals surface area contributed by atoms with Gasteiger partial charge in [-0.15, -0.1) is 0 Å². The molecule has 0 amide bonds. The Hall–Kier alpha value is -2.07. The van der Waals surface area contributed by atoms with Crippen molar-refractivity contribution in [2.24, 2.45) is 11.8 Å². The largest absolute Gasteiger partial charge is 0.469 e. The minimum atomic E-state index is -0.176. The first-order valence-electron chi connectivity index (χ1n) is 18.4.